The standard InChI is InChI=1S/C28H35FN6O4S/c1-28(2,3)39-27(38)33-24-18-40-17-23(24)32-25(36)22-10-9-20(15-30-22)16-35(12-11-34(4)5)26(37)31-14-19-7-6-8-21(29)13-19/h6-10,13,15,17-18H,11-12,14,16H2,1-5H3,(H,31,37)(H,32,36)(H,33,38). The van der Waals surface area contributed by atoms with Crippen LogP contribution >= 0.6 is 11.3 Å². The van der Waals surface area contributed by atoms with E-state index in [9.17, 15) is 18.8 Å². The Morgan fingerprint density at radius 1 is 1.00 bits per heavy atom. The van der Waals surface area contributed by atoms with Crippen molar-refractivity contribution in [1.29, 1.82) is 0 Å². The summed E-state index contributed by atoms with van der Waals surface area (Å²) in [5, 5.41) is 11.6. The fraction of sp³-hybridized carbons (Fsp3) is 0.357. The second-order valence-electron chi connectivity index (χ2n) is 10.3. The molecule has 0 radical (unpaired) electrons. The van der Waals surface area contributed by atoms with Gasteiger partial charge >= 0.3 is 12.1 Å². The molecule has 10 nitrogen and oxygen atoms in total. The number of pyridine rings is 1. The van der Waals surface area contributed by atoms with Gasteiger partial charge in [0.05, 0.1) is 11.4 Å². The minimum absolute atomic E-state index is 0.175. The average Bonchev–Trinajstić information content (AvgIpc) is 3.30. The first-order valence-corrected chi connectivity index (χ1v) is 13.6. The lowest BCUT2D eigenvalue weighted by Gasteiger charge is -2.25. The summed E-state index contributed by atoms with van der Waals surface area (Å²) >= 11 is 1.31. The summed E-state index contributed by atoms with van der Waals surface area (Å²) in [7, 11) is 3.83. The Morgan fingerprint density at radius 3 is 2.35 bits per heavy atom. The van der Waals surface area contributed by atoms with Crippen molar-refractivity contribution in [2.75, 3.05) is 37.8 Å². The molecule has 12 heteroatoms. The average molecular weight is 571 g/mol. The molecule has 0 bridgehead atoms. The predicted octanol–water partition coefficient (Wildman–Crippen LogP) is 5.15. The minimum Gasteiger partial charge on any atom is -0.444 e. The van der Waals surface area contributed by atoms with Gasteiger partial charge in [0.2, 0.25) is 0 Å². The maximum absolute atomic E-state index is 13.5. The highest BCUT2D eigenvalue weighted by Crippen LogP contribution is 2.27. The lowest BCUT2D eigenvalue weighted by Crippen LogP contribution is -2.42. The molecular weight excluding hydrogens is 535 g/mol. The number of hydrogen-bond donors (Lipinski definition) is 3. The van der Waals surface area contributed by atoms with Crippen molar-refractivity contribution in [3.05, 3.63) is 76.0 Å². The van der Waals surface area contributed by atoms with Crippen LogP contribution in [0.25, 0.3) is 0 Å². The summed E-state index contributed by atoms with van der Waals surface area (Å²) in [6, 6.07) is 9.09. The molecule has 0 spiro atoms. The Balaban J connectivity index is 1.61. The number of anilines is 2. The zero-order chi connectivity index (χ0) is 29.3. The van der Waals surface area contributed by atoms with Gasteiger partial charge in [0.1, 0.15) is 17.1 Å². The predicted molar refractivity (Wildman–Crippen MR) is 154 cm³/mol. The third kappa shape index (κ3) is 9.93. The van der Waals surface area contributed by atoms with Crippen molar-refractivity contribution in [1.82, 2.24) is 20.1 Å². The van der Waals surface area contributed by atoms with E-state index in [-0.39, 0.29) is 30.6 Å². The van der Waals surface area contributed by atoms with E-state index in [1.165, 1.54) is 23.5 Å². The van der Waals surface area contributed by atoms with E-state index < -0.39 is 17.6 Å². The van der Waals surface area contributed by atoms with Gasteiger partial charge < -0.3 is 25.2 Å². The van der Waals surface area contributed by atoms with Crippen LogP contribution in [0.4, 0.5) is 25.4 Å². The molecule has 0 aliphatic rings. The summed E-state index contributed by atoms with van der Waals surface area (Å²) in [6.07, 6.45) is 0.924. The second-order valence-corrected chi connectivity index (χ2v) is 11.1. The minimum atomic E-state index is -0.654. The van der Waals surface area contributed by atoms with Gasteiger partial charge in [0.15, 0.2) is 0 Å². The smallest absolute Gasteiger partial charge is 0.412 e. The number of benzene rings is 1. The number of ether oxygens (including phenoxy) is 1. The largest absolute Gasteiger partial charge is 0.444 e. The molecule has 4 amide bonds. The van der Waals surface area contributed by atoms with Crippen LogP contribution in [0.15, 0.2) is 53.4 Å². The van der Waals surface area contributed by atoms with E-state index in [1.807, 2.05) is 19.0 Å². The van der Waals surface area contributed by atoms with E-state index in [4.69, 9.17) is 4.74 Å². The summed E-state index contributed by atoms with van der Waals surface area (Å²) in [6.45, 7) is 6.85. The Kier molecular flexibility index (Phi) is 10.6. The zero-order valence-corrected chi connectivity index (χ0v) is 24.1. The number of nitrogens with zero attached hydrogens (tertiary/aromatic N) is 3. The normalized spacial score (nSPS) is 11.2. The first-order chi connectivity index (χ1) is 18.9. The second kappa shape index (κ2) is 13.9. The van der Waals surface area contributed by atoms with Crippen molar-refractivity contribution in [2.24, 2.45) is 0 Å². The number of thiophene rings is 1. The molecule has 2 aromatic heterocycles. The first kappa shape index (κ1) is 30.5. The maximum Gasteiger partial charge on any atom is 0.412 e. The number of halogens is 1. The molecule has 0 unspecified atom stereocenters. The number of urea groups is 1. The van der Waals surface area contributed by atoms with Crippen molar-refractivity contribution in [3.8, 4) is 0 Å². The molecule has 0 aliphatic heterocycles. The Bertz CT molecular complexity index is 1310. The molecule has 0 fully saturated rings. The molecule has 1 aromatic carbocycles. The number of amides is 4. The van der Waals surface area contributed by atoms with Crippen molar-refractivity contribution < 1.29 is 23.5 Å². The van der Waals surface area contributed by atoms with E-state index in [0.29, 0.717) is 30.0 Å². The number of hydrogen-bond acceptors (Lipinski definition) is 7. The molecular formula is C28H35FN6O4S. The fourth-order valence-corrected chi connectivity index (χ4v) is 4.18. The van der Waals surface area contributed by atoms with Crippen LogP contribution in [0.3, 0.4) is 0 Å². The number of carbonyl (C=O) groups excluding carboxylic acids is 3. The molecule has 0 atom stereocenters. The van der Waals surface area contributed by atoms with Crippen LogP contribution in [-0.2, 0) is 17.8 Å². The fourth-order valence-electron chi connectivity index (χ4n) is 3.47. The Hall–Kier alpha value is -4.03. The number of rotatable bonds is 10. The molecule has 2 heterocycles. The van der Waals surface area contributed by atoms with Crippen LogP contribution in [0, 0.1) is 5.82 Å². The van der Waals surface area contributed by atoms with Gasteiger partial charge in [-0.05, 0) is 64.2 Å². The number of nitrogens with one attached hydrogen (secondary N) is 3. The quantitative estimate of drug-likeness (QED) is 0.310. The zero-order valence-electron chi connectivity index (χ0n) is 23.3. The topological polar surface area (TPSA) is 116 Å². The number of aromatic nitrogens is 1. The first-order valence-electron chi connectivity index (χ1n) is 12.6. The van der Waals surface area contributed by atoms with Gasteiger partial charge in [-0.25, -0.2) is 14.0 Å². The lowest BCUT2D eigenvalue weighted by atomic mass is 10.2. The van der Waals surface area contributed by atoms with Crippen molar-refractivity contribution >= 4 is 40.7 Å². The van der Waals surface area contributed by atoms with Crippen molar-refractivity contribution in [3.63, 3.8) is 0 Å². The van der Waals surface area contributed by atoms with E-state index >= 15 is 0 Å². The van der Waals surface area contributed by atoms with Gasteiger partial charge in [0.25, 0.3) is 5.91 Å². The highest BCUT2D eigenvalue weighted by Gasteiger charge is 2.19. The molecule has 3 N–H and O–H groups in total. The van der Waals surface area contributed by atoms with Gasteiger partial charge in [-0.1, -0.05) is 18.2 Å². The molecule has 3 aromatic rings. The van der Waals surface area contributed by atoms with Crippen molar-refractivity contribution in [2.45, 2.75) is 39.5 Å². The van der Waals surface area contributed by atoms with Crippen LogP contribution in [0.5, 0.6) is 0 Å². The van der Waals surface area contributed by atoms with E-state index in [0.717, 1.165) is 5.56 Å². The molecule has 40 heavy (non-hydrogen) atoms. The molecule has 0 saturated carbocycles. The summed E-state index contributed by atoms with van der Waals surface area (Å²) in [4.78, 5) is 45.8. The van der Waals surface area contributed by atoms with Gasteiger partial charge in [-0.3, -0.25) is 15.1 Å². The monoisotopic (exact) mass is 570 g/mol. The van der Waals surface area contributed by atoms with E-state index in [2.05, 4.69) is 20.9 Å². The van der Waals surface area contributed by atoms with Crippen LogP contribution in [0.2, 0.25) is 0 Å². The Labute approximate surface area is 237 Å². The van der Waals surface area contributed by atoms with Gasteiger partial charge in [-0.2, -0.15) is 0 Å². The lowest BCUT2D eigenvalue weighted by molar-refractivity contribution is 0.0635. The highest BCUT2D eigenvalue weighted by molar-refractivity contribution is 7.09. The summed E-state index contributed by atoms with van der Waals surface area (Å²) in [5.41, 5.74) is 1.77. The third-order valence-corrected chi connectivity index (χ3v) is 6.16. The highest BCUT2D eigenvalue weighted by atomic mass is 32.1. The maximum atomic E-state index is 13.5. The number of carbonyl (C=O) groups is 3. The number of likely N-dealkylation sites (N-methyl/N-ethyl adjacent to an activating group) is 1. The summed E-state index contributed by atoms with van der Waals surface area (Å²) < 4.78 is 18.8. The van der Waals surface area contributed by atoms with Gasteiger partial charge in [-0.15, -0.1) is 11.3 Å². The van der Waals surface area contributed by atoms with Gasteiger partial charge in [0, 0.05) is 43.1 Å². The molecule has 0 saturated heterocycles. The Morgan fingerprint density at radius 2 is 1.73 bits per heavy atom. The van der Waals surface area contributed by atoms with Crippen LogP contribution in [-0.4, -0.2) is 65.6 Å². The molecule has 0 aliphatic carbocycles. The SMILES string of the molecule is CN(C)CCN(Cc1ccc(C(=O)Nc2cscc2NC(=O)OC(C)(C)C)nc1)C(=O)NCc1cccc(F)c1. The molecule has 3 rings (SSSR count). The van der Waals surface area contributed by atoms with Crippen LogP contribution in [0.1, 0.15) is 42.4 Å². The van der Waals surface area contributed by atoms with Crippen LogP contribution < -0.4 is 16.0 Å². The third-order valence-electron chi connectivity index (χ3n) is 5.41. The molecule has 214 valence electrons. The van der Waals surface area contributed by atoms with E-state index in [1.54, 1.807) is 66.9 Å². The summed E-state index contributed by atoms with van der Waals surface area (Å²) in [5.74, 6) is -0.810.